The van der Waals surface area contributed by atoms with Crippen molar-refractivity contribution in [3.63, 3.8) is 0 Å². The summed E-state index contributed by atoms with van der Waals surface area (Å²) in [4.78, 5) is 8.75. The van der Waals surface area contributed by atoms with E-state index in [-0.39, 0.29) is 0 Å². The van der Waals surface area contributed by atoms with Crippen LogP contribution in [0.15, 0.2) is 27.2 Å². The number of aryl methyl sites for hydroxylation is 3. The minimum Gasteiger partial charge on any atom is -0.340 e. The van der Waals surface area contributed by atoms with Gasteiger partial charge in [-0.1, -0.05) is 21.1 Å². The zero-order valence-corrected chi connectivity index (χ0v) is 13.1. The maximum Gasteiger partial charge on any atom is 0.223 e. The van der Waals surface area contributed by atoms with Crippen LogP contribution in [0.2, 0.25) is 0 Å². The number of hydrogen-bond donors (Lipinski definition) is 0. The fraction of sp³-hybridized carbons (Fsp3) is 0.308. The normalized spacial score (nSPS) is 11.3. The second kappa shape index (κ2) is 5.54. The molecule has 0 spiro atoms. The van der Waals surface area contributed by atoms with E-state index in [1.165, 1.54) is 0 Å². The first-order valence-corrected chi connectivity index (χ1v) is 7.50. The van der Waals surface area contributed by atoms with Crippen LogP contribution < -0.4 is 0 Å². The molecule has 0 saturated carbocycles. The predicted molar refractivity (Wildman–Crippen MR) is 79.7 cm³/mol. The highest BCUT2D eigenvalue weighted by atomic mass is 79.9. The van der Waals surface area contributed by atoms with Gasteiger partial charge in [0.05, 0.1) is 16.9 Å². The van der Waals surface area contributed by atoms with E-state index < -0.39 is 0 Å². The van der Waals surface area contributed by atoms with E-state index in [4.69, 9.17) is 16.1 Å². The fourth-order valence-corrected chi connectivity index (χ4v) is 2.70. The van der Waals surface area contributed by atoms with Crippen LogP contribution >= 0.6 is 27.5 Å². The molecule has 1 aromatic carbocycles. The van der Waals surface area contributed by atoms with Crippen LogP contribution in [-0.2, 0) is 18.8 Å². The highest BCUT2D eigenvalue weighted by Gasteiger charge is 2.11. The Bertz CT molecular complexity index is 752. The molecule has 0 aliphatic rings. The highest BCUT2D eigenvalue weighted by Crippen LogP contribution is 2.22. The van der Waals surface area contributed by atoms with Gasteiger partial charge in [0.15, 0.2) is 5.82 Å². The van der Waals surface area contributed by atoms with E-state index in [2.05, 4.69) is 35.6 Å². The number of imidazole rings is 1. The van der Waals surface area contributed by atoms with Crippen molar-refractivity contribution in [2.45, 2.75) is 25.8 Å². The Balaban J connectivity index is 1.94. The molecule has 0 atom stereocenters. The van der Waals surface area contributed by atoms with Gasteiger partial charge in [-0.05, 0) is 18.2 Å². The van der Waals surface area contributed by atoms with Gasteiger partial charge in [0.1, 0.15) is 5.82 Å². The Kier molecular flexibility index (Phi) is 3.76. The topological polar surface area (TPSA) is 56.7 Å². The Morgan fingerprint density at radius 2 is 2.20 bits per heavy atom. The summed E-state index contributed by atoms with van der Waals surface area (Å²) < 4.78 is 8.09. The zero-order chi connectivity index (χ0) is 14.1. The molecule has 2 aromatic heterocycles. The van der Waals surface area contributed by atoms with Gasteiger partial charge in [0.2, 0.25) is 5.89 Å². The molecule has 0 unspecified atom stereocenters. The molecule has 0 aliphatic carbocycles. The van der Waals surface area contributed by atoms with Gasteiger partial charge in [-0.3, -0.25) is 0 Å². The second-order valence-electron chi connectivity index (χ2n) is 4.43. The SMILES string of the molecule is Cc1nc(CCn2c(CCl)nc3ccc(Br)cc32)no1. The summed E-state index contributed by atoms with van der Waals surface area (Å²) in [5.74, 6) is 2.49. The first-order chi connectivity index (χ1) is 9.67. The number of halogens is 2. The summed E-state index contributed by atoms with van der Waals surface area (Å²) in [6, 6.07) is 5.99. The molecule has 3 aromatic rings. The number of hydrogen-bond acceptors (Lipinski definition) is 4. The van der Waals surface area contributed by atoms with Crippen molar-refractivity contribution in [3.8, 4) is 0 Å². The lowest BCUT2D eigenvalue weighted by molar-refractivity contribution is 0.386. The smallest absolute Gasteiger partial charge is 0.223 e. The number of alkyl halides is 1. The minimum atomic E-state index is 0.373. The van der Waals surface area contributed by atoms with Crippen molar-refractivity contribution in [2.75, 3.05) is 0 Å². The molecule has 0 bridgehead atoms. The molecule has 0 aliphatic heterocycles. The second-order valence-corrected chi connectivity index (χ2v) is 5.61. The molecule has 0 amide bonds. The maximum absolute atomic E-state index is 5.98. The summed E-state index contributed by atoms with van der Waals surface area (Å²) in [5.41, 5.74) is 1.99. The third-order valence-electron chi connectivity index (χ3n) is 3.04. The van der Waals surface area contributed by atoms with Crippen molar-refractivity contribution in [1.29, 1.82) is 0 Å². The van der Waals surface area contributed by atoms with E-state index in [1.807, 2.05) is 18.2 Å². The average Bonchev–Trinajstić information content (AvgIpc) is 2.99. The van der Waals surface area contributed by atoms with Gasteiger partial charge >= 0.3 is 0 Å². The van der Waals surface area contributed by atoms with Gasteiger partial charge < -0.3 is 9.09 Å². The van der Waals surface area contributed by atoms with Crippen LogP contribution in [0, 0.1) is 6.92 Å². The first kappa shape index (κ1) is 13.6. The van der Waals surface area contributed by atoms with E-state index in [0.717, 1.165) is 21.3 Å². The van der Waals surface area contributed by atoms with Crippen molar-refractivity contribution in [2.24, 2.45) is 0 Å². The van der Waals surface area contributed by atoms with E-state index in [0.29, 0.717) is 30.6 Å². The molecule has 0 saturated heterocycles. The van der Waals surface area contributed by atoms with E-state index in [1.54, 1.807) is 6.92 Å². The van der Waals surface area contributed by atoms with Crippen molar-refractivity contribution < 1.29 is 4.52 Å². The standard InChI is InChI=1S/C13H12BrClN4O/c1-8-16-12(18-20-8)4-5-19-11-6-9(14)2-3-10(11)17-13(19)7-15/h2-3,6H,4-5,7H2,1H3. The van der Waals surface area contributed by atoms with Crippen LogP contribution in [-0.4, -0.2) is 19.7 Å². The lowest BCUT2D eigenvalue weighted by Crippen LogP contribution is -2.06. The summed E-state index contributed by atoms with van der Waals surface area (Å²) in [6.07, 6.45) is 0.680. The molecular formula is C13H12BrClN4O. The van der Waals surface area contributed by atoms with Crippen LogP contribution in [0.3, 0.4) is 0 Å². The Morgan fingerprint density at radius 3 is 2.90 bits per heavy atom. The minimum absolute atomic E-state index is 0.373. The van der Waals surface area contributed by atoms with Gasteiger partial charge in [-0.25, -0.2) is 4.98 Å². The highest BCUT2D eigenvalue weighted by molar-refractivity contribution is 9.10. The van der Waals surface area contributed by atoms with Crippen LogP contribution in [0.4, 0.5) is 0 Å². The molecule has 0 fully saturated rings. The monoisotopic (exact) mass is 354 g/mol. The zero-order valence-electron chi connectivity index (χ0n) is 10.8. The molecular weight excluding hydrogens is 344 g/mol. The lowest BCUT2D eigenvalue weighted by atomic mass is 10.3. The summed E-state index contributed by atoms with van der Waals surface area (Å²) >= 11 is 9.47. The number of aromatic nitrogens is 4. The largest absolute Gasteiger partial charge is 0.340 e. The fourth-order valence-electron chi connectivity index (χ4n) is 2.15. The van der Waals surface area contributed by atoms with Gasteiger partial charge in [0.25, 0.3) is 0 Å². The quantitative estimate of drug-likeness (QED) is 0.672. The molecule has 5 nitrogen and oxygen atoms in total. The van der Waals surface area contributed by atoms with Crippen LogP contribution in [0.1, 0.15) is 17.5 Å². The van der Waals surface area contributed by atoms with E-state index in [9.17, 15) is 0 Å². The molecule has 104 valence electrons. The number of fused-ring (bicyclic) bond motifs is 1. The van der Waals surface area contributed by atoms with Gasteiger partial charge in [0, 0.05) is 24.4 Å². The molecule has 3 rings (SSSR count). The predicted octanol–water partition coefficient (Wildman–Crippen LogP) is 3.47. The summed E-state index contributed by atoms with van der Waals surface area (Å²) in [7, 11) is 0. The third kappa shape index (κ3) is 2.58. The number of rotatable bonds is 4. The third-order valence-corrected chi connectivity index (χ3v) is 3.77. The molecule has 20 heavy (non-hydrogen) atoms. The Hall–Kier alpha value is -1.40. The summed E-state index contributed by atoms with van der Waals surface area (Å²) in [6.45, 7) is 2.50. The van der Waals surface area contributed by atoms with Gasteiger partial charge in [-0.2, -0.15) is 4.98 Å². The average molecular weight is 356 g/mol. The Morgan fingerprint density at radius 1 is 1.35 bits per heavy atom. The number of nitrogens with zero attached hydrogens (tertiary/aromatic N) is 4. The van der Waals surface area contributed by atoms with Crippen molar-refractivity contribution in [3.05, 3.63) is 40.2 Å². The maximum atomic E-state index is 5.98. The molecule has 0 radical (unpaired) electrons. The lowest BCUT2D eigenvalue weighted by Gasteiger charge is -2.05. The van der Waals surface area contributed by atoms with E-state index >= 15 is 0 Å². The number of benzene rings is 1. The molecule has 7 heteroatoms. The van der Waals surface area contributed by atoms with Crippen molar-refractivity contribution >= 4 is 38.6 Å². The Labute approximate surface area is 129 Å². The van der Waals surface area contributed by atoms with Crippen LogP contribution in [0.5, 0.6) is 0 Å². The molecule has 2 heterocycles. The molecule has 0 N–H and O–H groups in total. The van der Waals surface area contributed by atoms with Crippen LogP contribution in [0.25, 0.3) is 11.0 Å². The first-order valence-electron chi connectivity index (χ1n) is 6.17. The van der Waals surface area contributed by atoms with Crippen molar-refractivity contribution in [1.82, 2.24) is 19.7 Å². The van der Waals surface area contributed by atoms with Gasteiger partial charge in [-0.15, -0.1) is 11.6 Å². The summed E-state index contributed by atoms with van der Waals surface area (Å²) in [5, 5.41) is 3.91.